The fraction of sp³-hybridized carbons (Fsp3) is 0.500. The second kappa shape index (κ2) is 8.28. The van der Waals surface area contributed by atoms with Crippen LogP contribution in [-0.2, 0) is 14.3 Å². The zero-order valence-electron chi connectivity index (χ0n) is 14.2. The molecule has 0 N–H and O–H groups in total. The van der Waals surface area contributed by atoms with Gasteiger partial charge in [-0.15, -0.1) is 0 Å². The highest BCUT2D eigenvalue weighted by molar-refractivity contribution is 5.92. The molecular formula is C16H21NO7. The monoisotopic (exact) mass is 339 g/mol. The fourth-order valence-corrected chi connectivity index (χ4v) is 1.81. The third kappa shape index (κ3) is 6.23. The molecule has 0 aliphatic rings. The summed E-state index contributed by atoms with van der Waals surface area (Å²) in [6.07, 6.45) is 0.484. The molecular weight excluding hydrogens is 318 g/mol. The maximum atomic E-state index is 11.7. The molecule has 132 valence electrons. The molecule has 1 aromatic carbocycles. The van der Waals surface area contributed by atoms with E-state index < -0.39 is 16.5 Å². The highest BCUT2D eigenvalue weighted by Gasteiger charge is 2.19. The van der Waals surface area contributed by atoms with Gasteiger partial charge in [-0.05, 0) is 33.3 Å². The number of hydrogen-bond donors (Lipinski definition) is 0. The summed E-state index contributed by atoms with van der Waals surface area (Å²) in [6, 6.07) is 3.62. The lowest BCUT2D eigenvalue weighted by Crippen LogP contribution is -2.24. The Balaban J connectivity index is 2.68. The highest BCUT2D eigenvalue weighted by atomic mass is 16.6. The van der Waals surface area contributed by atoms with E-state index in [1.165, 1.54) is 19.2 Å². The Morgan fingerprint density at radius 3 is 2.46 bits per heavy atom. The van der Waals surface area contributed by atoms with E-state index in [4.69, 9.17) is 9.47 Å². The summed E-state index contributed by atoms with van der Waals surface area (Å²) >= 11 is 0. The first-order valence-electron chi connectivity index (χ1n) is 7.35. The number of carbonyl (C=O) groups excluding carboxylic acids is 2. The molecule has 8 heteroatoms. The lowest BCUT2D eigenvalue weighted by molar-refractivity contribution is -0.384. The number of nitrogens with zero attached hydrogens (tertiary/aromatic N) is 1. The molecule has 0 saturated carbocycles. The average molecular weight is 339 g/mol. The summed E-state index contributed by atoms with van der Waals surface area (Å²) < 4.78 is 15.2. The van der Waals surface area contributed by atoms with Crippen LogP contribution in [0.2, 0.25) is 0 Å². The number of carbonyl (C=O) groups is 2. The third-order valence-electron chi connectivity index (χ3n) is 2.78. The molecule has 8 nitrogen and oxygen atoms in total. The van der Waals surface area contributed by atoms with Gasteiger partial charge in [0.2, 0.25) is 0 Å². The molecule has 0 spiro atoms. The number of rotatable bonds is 7. The number of nitro benzene ring substituents is 1. The molecule has 0 aromatic heterocycles. The SMILES string of the molecule is COC(=O)c1ccc([N+](=O)[O-])cc1OCCCC(=O)OC(C)(C)C. The first kappa shape index (κ1) is 19.4. The Labute approximate surface area is 139 Å². The van der Waals surface area contributed by atoms with Crippen LogP contribution >= 0.6 is 0 Å². The van der Waals surface area contributed by atoms with Crippen LogP contribution in [0.3, 0.4) is 0 Å². The molecule has 0 unspecified atom stereocenters. The van der Waals surface area contributed by atoms with E-state index in [1.807, 2.05) is 0 Å². The molecule has 0 atom stereocenters. The van der Waals surface area contributed by atoms with Gasteiger partial charge in [0.1, 0.15) is 16.9 Å². The number of non-ortho nitro benzene ring substituents is 1. The predicted molar refractivity (Wildman–Crippen MR) is 85.0 cm³/mol. The van der Waals surface area contributed by atoms with Gasteiger partial charge in [0, 0.05) is 12.5 Å². The highest BCUT2D eigenvalue weighted by Crippen LogP contribution is 2.25. The molecule has 1 aromatic rings. The summed E-state index contributed by atoms with van der Waals surface area (Å²) in [7, 11) is 1.20. The first-order valence-corrected chi connectivity index (χ1v) is 7.35. The average Bonchev–Trinajstić information content (AvgIpc) is 2.48. The molecule has 0 heterocycles. The van der Waals surface area contributed by atoms with Gasteiger partial charge >= 0.3 is 11.9 Å². The van der Waals surface area contributed by atoms with Gasteiger partial charge in [-0.1, -0.05) is 0 Å². The largest absolute Gasteiger partial charge is 0.492 e. The van der Waals surface area contributed by atoms with E-state index in [0.29, 0.717) is 6.42 Å². The van der Waals surface area contributed by atoms with Crippen LogP contribution in [0.5, 0.6) is 5.75 Å². The minimum Gasteiger partial charge on any atom is -0.492 e. The second-order valence-corrected chi connectivity index (χ2v) is 5.97. The number of benzene rings is 1. The van der Waals surface area contributed by atoms with Crippen LogP contribution in [0.1, 0.15) is 44.0 Å². The topological polar surface area (TPSA) is 105 Å². The van der Waals surface area contributed by atoms with Crippen LogP contribution in [0.25, 0.3) is 0 Å². The minimum absolute atomic E-state index is 0.0419. The molecule has 1 rings (SSSR count). The Bertz CT molecular complexity index is 619. The van der Waals surface area contributed by atoms with E-state index in [0.717, 1.165) is 6.07 Å². The molecule has 0 fully saturated rings. The molecule has 0 saturated heterocycles. The summed E-state index contributed by atoms with van der Waals surface area (Å²) in [5.74, 6) is -0.981. The Morgan fingerprint density at radius 1 is 1.25 bits per heavy atom. The van der Waals surface area contributed by atoms with Crippen molar-refractivity contribution in [2.75, 3.05) is 13.7 Å². The van der Waals surface area contributed by atoms with E-state index in [9.17, 15) is 19.7 Å². The normalized spacial score (nSPS) is 10.8. The van der Waals surface area contributed by atoms with Crippen molar-refractivity contribution in [2.45, 2.75) is 39.2 Å². The Morgan fingerprint density at radius 2 is 1.92 bits per heavy atom. The number of ether oxygens (including phenoxy) is 3. The summed E-state index contributed by atoms with van der Waals surface area (Å²) in [5.41, 5.74) is -0.680. The lowest BCUT2D eigenvalue weighted by atomic mass is 10.2. The molecule has 0 radical (unpaired) electrons. The summed E-state index contributed by atoms with van der Waals surface area (Å²) in [5, 5.41) is 10.8. The minimum atomic E-state index is -0.660. The van der Waals surface area contributed by atoms with Crippen LogP contribution in [-0.4, -0.2) is 36.2 Å². The van der Waals surface area contributed by atoms with Gasteiger partial charge in [-0.2, -0.15) is 0 Å². The Kier molecular flexibility index (Phi) is 6.69. The molecule has 0 aliphatic heterocycles. The second-order valence-electron chi connectivity index (χ2n) is 5.97. The van der Waals surface area contributed by atoms with Crippen molar-refractivity contribution in [1.82, 2.24) is 0 Å². The molecule has 24 heavy (non-hydrogen) atoms. The molecule has 0 aliphatic carbocycles. The van der Waals surface area contributed by atoms with Crippen molar-refractivity contribution in [3.8, 4) is 5.75 Å². The first-order chi connectivity index (χ1) is 11.1. The number of hydrogen-bond acceptors (Lipinski definition) is 7. The van der Waals surface area contributed by atoms with Crippen LogP contribution in [0.4, 0.5) is 5.69 Å². The van der Waals surface area contributed by atoms with Crippen molar-refractivity contribution in [1.29, 1.82) is 0 Å². The van der Waals surface area contributed by atoms with Crippen molar-refractivity contribution < 1.29 is 28.7 Å². The fourth-order valence-electron chi connectivity index (χ4n) is 1.81. The van der Waals surface area contributed by atoms with Crippen molar-refractivity contribution in [3.63, 3.8) is 0 Å². The zero-order chi connectivity index (χ0) is 18.3. The standard InChI is InChI=1S/C16H21NO7/c1-16(2,3)24-14(18)6-5-9-23-13-10-11(17(20)21)7-8-12(13)15(19)22-4/h7-8,10H,5-6,9H2,1-4H3. The number of methoxy groups -OCH3 is 1. The van der Waals surface area contributed by atoms with E-state index in [-0.39, 0.29) is 36.0 Å². The van der Waals surface area contributed by atoms with E-state index >= 15 is 0 Å². The smallest absolute Gasteiger partial charge is 0.341 e. The maximum Gasteiger partial charge on any atom is 0.341 e. The lowest BCUT2D eigenvalue weighted by Gasteiger charge is -2.19. The summed E-state index contributed by atoms with van der Waals surface area (Å²) in [6.45, 7) is 5.41. The third-order valence-corrected chi connectivity index (χ3v) is 2.78. The van der Waals surface area contributed by atoms with Crippen molar-refractivity contribution in [2.24, 2.45) is 0 Å². The zero-order valence-corrected chi connectivity index (χ0v) is 14.2. The van der Waals surface area contributed by atoms with Crippen molar-refractivity contribution >= 4 is 17.6 Å². The molecule has 0 bridgehead atoms. The number of esters is 2. The number of nitro groups is 1. The van der Waals surface area contributed by atoms with Gasteiger partial charge in [0.25, 0.3) is 5.69 Å². The van der Waals surface area contributed by atoms with Crippen LogP contribution in [0.15, 0.2) is 18.2 Å². The maximum absolute atomic E-state index is 11.7. The van der Waals surface area contributed by atoms with Crippen LogP contribution in [0, 0.1) is 10.1 Å². The summed E-state index contributed by atoms with van der Waals surface area (Å²) in [4.78, 5) is 33.5. The van der Waals surface area contributed by atoms with Crippen molar-refractivity contribution in [3.05, 3.63) is 33.9 Å². The van der Waals surface area contributed by atoms with Gasteiger partial charge in [-0.3, -0.25) is 14.9 Å². The Hall–Kier alpha value is -2.64. The van der Waals surface area contributed by atoms with E-state index in [2.05, 4.69) is 4.74 Å². The van der Waals surface area contributed by atoms with Gasteiger partial charge in [-0.25, -0.2) is 4.79 Å². The quantitative estimate of drug-likeness (QED) is 0.325. The molecule has 0 amide bonds. The van der Waals surface area contributed by atoms with E-state index in [1.54, 1.807) is 20.8 Å². The van der Waals surface area contributed by atoms with Gasteiger partial charge < -0.3 is 14.2 Å². The van der Waals surface area contributed by atoms with Gasteiger partial charge in [0.15, 0.2) is 0 Å². The van der Waals surface area contributed by atoms with Crippen LogP contribution < -0.4 is 4.74 Å². The van der Waals surface area contributed by atoms with Gasteiger partial charge in [0.05, 0.1) is 24.7 Å². The predicted octanol–water partition coefficient (Wildman–Crippen LogP) is 2.88.